The maximum absolute atomic E-state index is 10.8. The fourth-order valence-electron chi connectivity index (χ4n) is 1.78. The highest BCUT2D eigenvalue weighted by Gasteiger charge is 2.13. The van der Waals surface area contributed by atoms with Gasteiger partial charge in [0.2, 0.25) is 0 Å². The topological polar surface area (TPSA) is 43.8 Å². The quantitative estimate of drug-likeness (QED) is 0.803. The van der Waals surface area contributed by atoms with E-state index in [1.165, 1.54) is 0 Å². The molecule has 0 amide bonds. The molecular formula is C14H22N2O2. The summed E-state index contributed by atoms with van der Waals surface area (Å²) in [6.45, 7) is 5.70. The van der Waals surface area contributed by atoms with Gasteiger partial charge < -0.3 is 10.0 Å². The van der Waals surface area contributed by atoms with E-state index in [-0.39, 0.29) is 12.6 Å². The molecular weight excluding hydrogens is 228 g/mol. The molecule has 0 radical (unpaired) electrons. The summed E-state index contributed by atoms with van der Waals surface area (Å²) in [6, 6.07) is 10.3. The molecule has 0 atom stereocenters. The fraction of sp³-hybridized carbons (Fsp3) is 0.500. The highest BCUT2D eigenvalue weighted by Crippen LogP contribution is 2.10. The van der Waals surface area contributed by atoms with Crippen LogP contribution in [0, 0.1) is 0 Å². The van der Waals surface area contributed by atoms with E-state index in [1.807, 2.05) is 44.0 Å². The van der Waals surface area contributed by atoms with Crippen molar-refractivity contribution in [2.75, 3.05) is 31.6 Å². The van der Waals surface area contributed by atoms with Gasteiger partial charge in [0.25, 0.3) is 0 Å². The van der Waals surface area contributed by atoms with Crippen LogP contribution < -0.4 is 4.90 Å². The number of benzene rings is 1. The van der Waals surface area contributed by atoms with E-state index < -0.39 is 5.97 Å². The number of carboxylic acid groups (broad SMARTS) is 1. The Hall–Kier alpha value is -1.55. The summed E-state index contributed by atoms with van der Waals surface area (Å²) in [6.07, 6.45) is 0. The predicted octanol–water partition coefficient (Wildman–Crippen LogP) is 1.92. The van der Waals surface area contributed by atoms with E-state index in [9.17, 15) is 4.79 Å². The summed E-state index contributed by atoms with van der Waals surface area (Å²) in [5.74, 6) is -0.772. The van der Waals surface area contributed by atoms with Gasteiger partial charge in [-0.1, -0.05) is 18.2 Å². The lowest BCUT2D eigenvalue weighted by molar-refractivity contribution is -0.138. The summed E-state index contributed by atoms with van der Waals surface area (Å²) >= 11 is 0. The monoisotopic (exact) mass is 250 g/mol. The first kappa shape index (κ1) is 14.5. The molecule has 4 nitrogen and oxygen atoms in total. The van der Waals surface area contributed by atoms with E-state index in [1.54, 1.807) is 0 Å². The Bertz CT molecular complexity index is 365. The van der Waals surface area contributed by atoms with Crippen molar-refractivity contribution in [2.45, 2.75) is 19.9 Å². The number of hydrogen-bond donors (Lipinski definition) is 1. The van der Waals surface area contributed by atoms with Gasteiger partial charge in [-0.2, -0.15) is 0 Å². The van der Waals surface area contributed by atoms with Gasteiger partial charge in [0.05, 0.1) is 6.54 Å². The second kappa shape index (κ2) is 7.01. The third-order valence-corrected chi connectivity index (χ3v) is 2.99. The SMILES string of the molecule is CC(C)N(CCN(C)c1ccccc1)CC(=O)O. The van der Waals surface area contributed by atoms with Crippen LogP contribution in [-0.2, 0) is 4.79 Å². The number of carbonyl (C=O) groups is 1. The molecule has 1 aromatic rings. The molecule has 1 N–H and O–H groups in total. The molecule has 0 saturated heterocycles. The molecule has 0 heterocycles. The number of para-hydroxylation sites is 1. The molecule has 4 heteroatoms. The lowest BCUT2D eigenvalue weighted by Gasteiger charge is -2.28. The third kappa shape index (κ3) is 4.75. The molecule has 0 aromatic heterocycles. The fourth-order valence-corrected chi connectivity index (χ4v) is 1.78. The van der Waals surface area contributed by atoms with Crippen LogP contribution in [0.1, 0.15) is 13.8 Å². The second-order valence-electron chi connectivity index (χ2n) is 4.72. The number of carboxylic acids is 1. The molecule has 1 rings (SSSR count). The van der Waals surface area contributed by atoms with Crippen LogP contribution in [0.3, 0.4) is 0 Å². The van der Waals surface area contributed by atoms with Crippen molar-refractivity contribution in [3.63, 3.8) is 0 Å². The smallest absolute Gasteiger partial charge is 0.317 e. The predicted molar refractivity (Wildman–Crippen MR) is 74.1 cm³/mol. The Kier molecular flexibility index (Phi) is 5.65. The normalized spacial score (nSPS) is 10.9. The minimum atomic E-state index is -0.772. The van der Waals surface area contributed by atoms with Crippen molar-refractivity contribution >= 4 is 11.7 Å². The van der Waals surface area contributed by atoms with E-state index in [0.29, 0.717) is 0 Å². The zero-order chi connectivity index (χ0) is 13.5. The minimum absolute atomic E-state index is 0.0975. The van der Waals surface area contributed by atoms with Crippen LogP contribution in [0.25, 0.3) is 0 Å². The van der Waals surface area contributed by atoms with Gasteiger partial charge in [0, 0.05) is 31.9 Å². The first-order valence-corrected chi connectivity index (χ1v) is 6.22. The largest absolute Gasteiger partial charge is 0.480 e. The van der Waals surface area contributed by atoms with Gasteiger partial charge in [0.1, 0.15) is 0 Å². The Morgan fingerprint density at radius 2 is 1.83 bits per heavy atom. The van der Waals surface area contributed by atoms with Crippen LogP contribution in [0.4, 0.5) is 5.69 Å². The molecule has 0 fully saturated rings. The number of likely N-dealkylation sites (N-methyl/N-ethyl adjacent to an activating group) is 1. The average Bonchev–Trinajstić information content (AvgIpc) is 2.34. The summed E-state index contributed by atoms with van der Waals surface area (Å²) in [5, 5.41) is 8.86. The minimum Gasteiger partial charge on any atom is -0.480 e. The van der Waals surface area contributed by atoms with E-state index in [4.69, 9.17) is 5.11 Å². The molecule has 0 aliphatic carbocycles. The molecule has 0 aliphatic heterocycles. The standard InChI is InChI=1S/C14H22N2O2/c1-12(2)16(11-14(17)18)10-9-15(3)13-7-5-4-6-8-13/h4-8,12H,9-11H2,1-3H3,(H,17,18). The van der Waals surface area contributed by atoms with E-state index in [0.717, 1.165) is 18.8 Å². The highest BCUT2D eigenvalue weighted by atomic mass is 16.4. The van der Waals surface area contributed by atoms with Gasteiger partial charge in [-0.15, -0.1) is 0 Å². The van der Waals surface area contributed by atoms with Gasteiger partial charge in [-0.3, -0.25) is 9.69 Å². The van der Waals surface area contributed by atoms with Crippen molar-refractivity contribution in [2.24, 2.45) is 0 Å². The average molecular weight is 250 g/mol. The molecule has 100 valence electrons. The lowest BCUT2D eigenvalue weighted by Crippen LogP contribution is -2.40. The Labute approximate surface area is 109 Å². The van der Waals surface area contributed by atoms with Crippen molar-refractivity contribution in [1.29, 1.82) is 0 Å². The third-order valence-electron chi connectivity index (χ3n) is 2.99. The van der Waals surface area contributed by atoms with Gasteiger partial charge in [-0.25, -0.2) is 0 Å². The van der Waals surface area contributed by atoms with Crippen LogP contribution in [0.2, 0.25) is 0 Å². The number of rotatable bonds is 7. The van der Waals surface area contributed by atoms with Crippen molar-refractivity contribution in [3.8, 4) is 0 Å². The van der Waals surface area contributed by atoms with E-state index in [2.05, 4.69) is 17.0 Å². The molecule has 0 unspecified atom stereocenters. The van der Waals surface area contributed by atoms with Crippen LogP contribution in [-0.4, -0.2) is 48.7 Å². The first-order valence-electron chi connectivity index (χ1n) is 6.22. The van der Waals surface area contributed by atoms with Gasteiger partial charge >= 0.3 is 5.97 Å². The summed E-state index contributed by atoms with van der Waals surface area (Å²) in [4.78, 5) is 14.9. The Morgan fingerprint density at radius 1 is 1.22 bits per heavy atom. The number of aliphatic carboxylic acids is 1. The zero-order valence-corrected chi connectivity index (χ0v) is 11.3. The van der Waals surface area contributed by atoms with Gasteiger partial charge in [0.15, 0.2) is 0 Å². The van der Waals surface area contributed by atoms with Gasteiger partial charge in [-0.05, 0) is 26.0 Å². The lowest BCUT2D eigenvalue weighted by atomic mass is 10.2. The van der Waals surface area contributed by atoms with Crippen molar-refractivity contribution in [3.05, 3.63) is 30.3 Å². The zero-order valence-electron chi connectivity index (χ0n) is 11.3. The second-order valence-corrected chi connectivity index (χ2v) is 4.72. The Morgan fingerprint density at radius 3 is 2.33 bits per heavy atom. The van der Waals surface area contributed by atoms with Crippen molar-refractivity contribution in [1.82, 2.24) is 4.90 Å². The van der Waals surface area contributed by atoms with Crippen molar-refractivity contribution < 1.29 is 9.90 Å². The summed E-state index contributed by atoms with van der Waals surface area (Å²) in [5.41, 5.74) is 1.15. The summed E-state index contributed by atoms with van der Waals surface area (Å²) < 4.78 is 0. The van der Waals surface area contributed by atoms with E-state index >= 15 is 0 Å². The molecule has 0 aliphatic rings. The van der Waals surface area contributed by atoms with Crippen LogP contribution >= 0.6 is 0 Å². The first-order chi connectivity index (χ1) is 8.50. The number of nitrogens with zero attached hydrogens (tertiary/aromatic N) is 2. The maximum atomic E-state index is 10.8. The molecule has 0 saturated carbocycles. The number of anilines is 1. The molecule has 0 bridgehead atoms. The molecule has 1 aromatic carbocycles. The Balaban J connectivity index is 2.49. The maximum Gasteiger partial charge on any atom is 0.317 e. The van der Waals surface area contributed by atoms with Crippen LogP contribution in [0.15, 0.2) is 30.3 Å². The molecule has 18 heavy (non-hydrogen) atoms. The highest BCUT2D eigenvalue weighted by molar-refractivity contribution is 5.69. The molecule has 0 spiro atoms. The van der Waals surface area contributed by atoms with Crippen LogP contribution in [0.5, 0.6) is 0 Å². The number of hydrogen-bond acceptors (Lipinski definition) is 3. The summed E-state index contributed by atoms with van der Waals surface area (Å²) in [7, 11) is 2.02.